The first kappa shape index (κ1) is 11.5. The molecule has 1 aliphatic rings. The molecule has 0 aromatic heterocycles. The minimum absolute atomic E-state index is 0.297. The quantitative estimate of drug-likeness (QED) is 0.607. The van der Waals surface area contributed by atoms with Crippen molar-refractivity contribution in [2.75, 3.05) is 23.8 Å². The molecule has 0 unspecified atom stereocenters. The average molecular weight is 232 g/mol. The molecule has 2 N–H and O–H groups in total. The van der Waals surface area contributed by atoms with Crippen LogP contribution in [0.2, 0.25) is 0 Å². The van der Waals surface area contributed by atoms with Crippen molar-refractivity contribution in [3.63, 3.8) is 0 Å². The standard InChI is InChI=1S/C13H16N2O2/c1-2-17-13(16)9-10-7-8-14-11-5-3-4-6-12(11)15-10/h3-6,9,14-15H,2,7-8H2,1H3/b10-9-. The molecule has 4 nitrogen and oxygen atoms in total. The maximum atomic E-state index is 11.4. The Bertz CT molecular complexity index is 441. The summed E-state index contributed by atoms with van der Waals surface area (Å²) in [6.07, 6.45) is 2.29. The van der Waals surface area contributed by atoms with Crippen LogP contribution in [-0.2, 0) is 9.53 Å². The Morgan fingerprint density at radius 3 is 2.94 bits per heavy atom. The molecule has 0 amide bonds. The summed E-state index contributed by atoms with van der Waals surface area (Å²) in [7, 11) is 0. The Kier molecular flexibility index (Phi) is 3.65. The molecule has 1 aliphatic heterocycles. The lowest BCUT2D eigenvalue weighted by atomic mass is 10.2. The fraction of sp³-hybridized carbons (Fsp3) is 0.308. The van der Waals surface area contributed by atoms with Gasteiger partial charge in [-0.15, -0.1) is 0 Å². The third-order valence-corrected chi connectivity index (χ3v) is 2.51. The van der Waals surface area contributed by atoms with Crippen LogP contribution in [0, 0.1) is 0 Å². The van der Waals surface area contributed by atoms with Crippen LogP contribution >= 0.6 is 0 Å². The van der Waals surface area contributed by atoms with Crippen molar-refractivity contribution >= 4 is 17.3 Å². The van der Waals surface area contributed by atoms with Gasteiger partial charge in [-0.2, -0.15) is 0 Å². The van der Waals surface area contributed by atoms with E-state index < -0.39 is 0 Å². The van der Waals surface area contributed by atoms with E-state index in [1.807, 2.05) is 24.3 Å². The Balaban J connectivity index is 2.15. The van der Waals surface area contributed by atoms with Gasteiger partial charge in [-0.3, -0.25) is 0 Å². The van der Waals surface area contributed by atoms with Gasteiger partial charge in [0, 0.05) is 24.7 Å². The molecular formula is C13H16N2O2. The van der Waals surface area contributed by atoms with Crippen LogP contribution in [0.1, 0.15) is 13.3 Å². The smallest absolute Gasteiger partial charge is 0.332 e. The Morgan fingerprint density at radius 1 is 1.41 bits per heavy atom. The Labute approximate surface area is 101 Å². The number of benzene rings is 1. The number of anilines is 2. The predicted octanol–water partition coefficient (Wildman–Crippen LogP) is 2.36. The maximum absolute atomic E-state index is 11.4. The highest BCUT2D eigenvalue weighted by Crippen LogP contribution is 2.25. The SMILES string of the molecule is CCOC(=O)/C=C1/CCNc2ccccc2N1. The predicted molar refractivity (Wildman–Crippen MR) is 67.9 cm³/mol. The fourth-order valence-electron chi connectivity index (χ4n) is 1.75. The van der Waals surface area contributed by atoms with E-state index in [1.54, 1.807) is 6.92 Å². The second kappa shape index (κ2) is 5.39. The minimum atomic E-state index is -0.297. The van der Waals surface area contributed by atoms with Crippen LogP contribution in [0.5, 0.6) is 0 Å². The summed E-state index contributed by atoms with van der Waals surface area (Å²) < 4.78 is 4.90. The summed E-state index contributed by atoms with van der Waals surface area (Å²) in [5, 5.41) is 6.55. The van der Waals surface area contributed by atoms with E-state index >= 15 is 0 Å². The van der Waals surface area contributed by atoms with E-state index in [1.165, 1.54) is 6.08 Å². The fourth-order valence-corrected chi connectivity index (χ4v) is 1.75. The number of carbonyl (C=O) groups is 1. The number of carbonyl (C=O) groups excluding carboxylic acids is 1. The van der Waals surface area contributed by atoms with E-state index in [9.17, 15) is 4.79 Å². The number of fused-ring (bicyclic) bond motifs is 1. The molecule has 0 fully saturated rings. The molecule has 0 spiro atoms. The average Bonchev–Trinajstić information content (AvgIpc) is 2.50. The molecule has 0 aliphatic carbocycles. The summed E-state index contributed by atoms with van der Waals surface area (Å²) in [6.45, 7) is 3.00. The molecule has 4 heteroatoms. The van der Waals surface area contributed by atoms with E-state index in [2.05, 4.69) is 10.6 Å². The highest BCUT2D eigenvalue weighted by atomic mass is 16.5. The van der Waals surface area contributed by atoms with E-state index in [0.29, 0.717) is 6.61 Å². The van der Waals surface area contributed by atoms with Crippen LogP contribution < -0.4 is 10.6 Å². The van der Waals surface area contributed by atoms with Crippen molar-refractivity contribution in [1.82, 2.24) is 0 Å². The zero-order valence-corrected chi connectivity index (χ0v) is 9.82. The molecule has 2 rings (SSSR count). The largest absolute Gasteiger partial charge is 0.463 e. The van der Waals surface area contributed by atoms with Gasteiger partial charge in [-0.25, -0.2) is 4.79 Å². The maximum Gasteiger partial charge on any atom is 0.332 e. The number of rotatable bonds is 2. The molecule has 0 radical (unpaired) electrons. The zero-order chi connectivity index (χ0) is 12.1. The van der Waals surface area contributed by atoms with Gasteiger partial charge in [0.2, 0.25) is 0 Å². The number of para-hydroxylation sites is 2. The second-order valence-electron chi connectivity index (χ2n) is 3.77. The lowest BCUT2D eigenvalue weighted by Gasteiger charge is -2.08. The minimum Gasteiger partial charge on any atom is -0.463 e. The van der Waals surface area contributed by atoms with Crippen LogP contribution in [0.3, 0.4) is 0 Å². The molecule has 90 valence electrons. The third kappa shape index (κ3) is 3.00. The molecule has 1 aromatic carbocycles. The summed E-state index contributed by atoms with van der Waals surface area (Å²) in [4.78, 5) is 11.4. The highest BCUT2D eigenvalue weighted by molar-refractivity contribution is 5.84. The lowest BCUT2D eigenvalue weighted by Crippen LogP contribution is -2.06. The van der Waals surface area contributed by atoms with Gasteiger partial charge in [0.25, 0.3) is 0 Å². The molecular weight excluding hydrogens is 216 g/mol. The molecule has 0 atom stereocenters. The highest BCUT2D eigenvalue weighted by Gasteiger charge is 2.10. The van der Waals surface area contributed by atoms with Crippen molar-refractivity contribution in [1.29, 1.82) is 0 Å². The summed E-state index contributed by atoms with van der Waals surface area (Å²) in [5.74, 6) is -0.297. The van der Waals surface area contributed by atoms with Crippen molar-refractivity contribution in [3.8, 4) is 0 Å². The van der Waals surface area contributed by atoms with Crippen LogP contribution in [-0.4, -0.2) is 19.1 Å². The van der Waals surface area contributed by atoms with Crippen molar-refractivity contribution in [2.45, 2.75) is 13.3 Å². The van der Waals surface area contributed by atoms with Crippen LogP contribution in [0.15, 0.2) is 36.0 Å². The lowest BCUT2D eigenvalue weighted by molar-refractivity contribution is -0.137. The Morgan fingerprint density at radius 2 is 2.18 bits per heavy atom. The second-order valence-corrected chi connectivity index (χ2v) is 3.77. The van der Waals surface area contributed by atoms with E-state index in [0.717, 1.165) is 30.0 Å². The Hall–Kier alpha value is -1.97. The molecule has 0 bridgehead atoms. The first-order valence-electron chi connectivity index (χ1n) is 5.77. The number of ether oxygens (including phenoxy) is 1. The van der Waals surface area contributed by atoms with Crippen LogP contribution in [0.4, 0.5) is 11.4 Å². The van der Waals surface area contributed by atoms with Gasteiger partial charge >= 0.3 is 5.97 Å². The zero-order valence-electron chi connectivity index (χ0n) is 9.82. The van der Waals surface area contributed by atoms with Gasteiger partial charge in [0.1, 0.15) is 0 Å². The van der Waals surface area contributed by atoms with Crippen molar-refractivity contribution < 1.29 is 9.53 Å². The van der Waals surface area contributed by atoms with Gasteiger partial charge in [0.15, 0.2) is 0 Å². The van der Waals surface area contributed by atoms with Gasteiger partial charge in [-0.1, -0.05) is 12.1 Å². The van der Waals surface area contributed by atoms with E-state index in [4.69, 9.17) is 4.74 Å². The molecule has 1 aromatic rings. The van der Waals surface area contributed by atoms with Crippen molar-refractivity contribution in [3.05, 3.63) is 36.0 Å². The summed E-state index contributed by atoms with van der Waals surface area (Å²) in [5.41, 5.74) is 2.92. The molecule has 0 saturated heterocycles. The van der Waals surface area contributed by atoms with Gasteiger partial charge < -0.3 is 15.4 Å². The first-order chi connectivity index (χ1) is 8.29. The van der Waals surface area contributed by atoms with Crippen LogP contribution in [0.25, 0.3) is 0 Å². The summed E-state index contributed by atoms with van der Waals surface area (Å²) in [6, 6.07) is 7.93. The number of nitrogens with one attached hydrogen (secondary N) is 2. The molecule has 17 heavy (non-hydrogen) atoms. The number of hydrogen-bond donors (Lipinski definition) is 2. The molecule has 1 heterocycles. The summed E-state index contributed by atoms with van der Waals surface area (Å²) >= 11 is 0. The van der Waals surface area contributed by atoms with Gasteiger partial charge in [0.05, 0.1) is 18.0 Å². The number of esters is 1. The number of hydrogen-bond acceptors (Lipinski definition) is 4. The first-order valence-corrected chi connectivity index (χ1v) is 5.77. The molecule has 0 saturated carbocycles. The van der Waals surface area contributed by atoms with E-state index in [-0.39, 0.29) is 5.97 Å². The third-order valence-electron chi connectivity index (χ3n) is 2.51. The normalized spacial score (nSPS) is 16.4. The van der Waals surface area contributed by atoms with Gasteiger partial charge in [-0.05, 0) is 19.1 Å². The van der Waals surface area contributed by atoms with Crippen molar-refractivity contribution in [2.24, 2.45) is 0 Å². The monoisotopic (exact) mass is 232 g/mol. The topological polar surface area (TPSA) is 50.4 Å².